The van der Waals surface area contributed by atoms with Crippen molar-refractivity contribution in [2.45, 2.75) is 115 Å². The van der Waals surface area contributed by atoms with Crippen molar-refractivity contribution < 1.29 is 28.5 Å². The Morgan fingerprint density at radius 2 is 1.91 bits per heavy atom. The second-order valence-corrected chi connectivity index (χ2v) is 10.3. The molecule has 0 saturated carbocycles. The first-order chi connectivity index (χ1) is 16.1. The third kappa shape index (κ3) is 7.27. The van der Waals surface area contributed by atoms with E-state index in [1.807, 2.05) is 6.92 Å². The summed E-state index contributed by atoms with van der Waals surface area (Å²) in [6.45, 7) is 12.6. The highest BCUT2D eigenvalue weighted by molar-refractivity contribution is 5.87. The molecular weight excluding hydrogens is 434 g/mol. The third-order valence-electron chi connectivity index (χ3n) is 7.26. The molecule has 190 valence electrons. The molecule has 1 N–H and O–H groups in total. The zero-order valence-corrected chi connectivity index (χ0v) is 21.4. The third-order valence-corrected chi connectivity index (χ3v) is 7.26. The Morgan fingerprint density at radius 1 is 1.18 bits per heavy atom. The van der Waals surface area contributed by atoms with Gasteiger partial charge >= 0.3 is 0 Å². The first-order valence-electron chi connectivity index (χ1n) is 12.5. The topological polar surface area (TPSA) is 86.4 Å². The molecule has 9 atom stereocenters. The van der Waals surface area contributed by atoms with Crippen LogP contribution in [0.2, 0.25) is 0 Å². The van der Waals surface area contributed by atoms with E-state index in [4.69, 9.17) is 18.9 Å². The molecule has 7 nitrogen and oxygen atoms in total. The van der Waals surface area contributed by atoms with Crippen molar-refractivity contribution in [3.8, 4) is 0 Å². The van der Waals surface area contributed by atoms with Gasteiger partial charge in [0.2, 0.25) is 5.91 Å². The maximum absolute atomic E-state index is 12.2. The van der Waals surface area contributed by atoms with Gasteiger partial charge in [-0.15, -0.1) is 0 Å². The summed E-state index contributed by atoms with van der Waals surface area (Å²) in [5.41, 5.74) is 1.21. The highest BCUT2D eigenvalue weighted by Gasteiger charge is 2.57. The summed E-state index contributed by atoms with van der Waals surface area (Å²) in [5.74, 6) is 0.104. The predicted octanol–water partition coefficient (Wildman–Crippen LogP) is 4.02. The molecule has 1 spiro atoms. The molecule has 8 unspecified atom stereocenters. The van der Waals surface area contributed by atoms with Gasteiger partial charge in [-0.3, -0.25) is 9.59 Å². The fourth-order valence-corrected chi connectivity index (χ4v) is 5.09. The molecule has 7 heteroatoms. The monoisotopic (exact) mass is 475 g/mol. The highest BCUT2D eigenvalue weighted by atomic mass is 16.6. The van der Waals surface area contributed by atoms with Crippen LogP contribution >= 0.6 is 0 Å². The van der Waals surface area contributed by atoms with E-state index >= 15 is 0 Å². The molecule has 3 saturated heterocycles. The van der Waals surface area contributed by atoms with Crippen molar-refractivity contribution in [2.24, 2.45) is 5.92 Å². The van der Waals surface area contributed by atoms with E-state index in [1.165, 1.54) is 11.6 Å². The van der Waals surface area contributed by atoms with E-state index in [2.05, 4.69) is 51.2 Å². The number of carbonyl (C=O) groups is 2. The molecule has 0 aromatic heterocycles. The number of hydrogen-bond donors (Lipinski definition) is 1. The standard InChI is InChI=1S/C27H41NO6/c1-17(7-10-23-15-27(22(6)34-27)14-20(4)32-23)8-11-25-18(2)13-24(21(5)33-25)28-26(30)12-9-19(3)31-16-29/h7-10,12,16,18-25H,11,13-15H2,1-6H3,(H,28,30)/b10-7+,12-9-,17-8+/t18?,19?,20-,21?,22?,23?,24?,25?,27?/m1/s1. The van der Waals surface area contributed by atoms with Gasteiger partial charge in [-0.1, -0.05) is 30.7 Å². The van der Waals surface area contributed by atoms with Gasteiger partial charge in [0.05, 0.1) is 42.2 Å². The quantitative estimate of drug-likeness (QED) is 0.235. The van der Waals surface area contributed by atoms with Crippen LogP contribution in [0.5, 0.6) is 0 Å². The highest BCUT2D eigenvalue weighted by Crippen LogP contribution is 2.48. The van der Waals surface area contributed by atoms with E-state index in [0.29, 0.717) is 18.5 Å². The number of amides is 1. The minimum Gasteiger partial charge on any atom is -0.461 e. The van der Waals surface area contributed by atoms with Gasteiger partial charge in [0.15, 0.2) is 0 Å². The van der Waals surface area contributed by atoms with Gasteiger partial charge in [0.1, 0.15) is 6.10 Å². The Morgan fingerprint density at radius 3 is 2.59 bits per heavy atom. The second-order valence-electron chi connectivity index (χ2n) is 10.3. The van der Waals surface area contributed by atoms with E-state index in [9.17, 15) is 9.59 Å². The molecule has 34 heavy (non-hydrogen) atoms. The van der Waals surface area contributed by atoms with Crippen LogP contribution in [0.1, 0.15) is 67.2 Å². The molecule has 3 aliphatic rings. The summed E-state index contributed by atoms with van der Waals surface area (Å²) in [6, 6.07) is -0.0551. The first kappa shape index (κ1) is 26.6. The normalized spacial score (nSPS) is 39.4. The average Bonchev–Trinajstić information content (AvgIpc) is 3.38. The summed E-state index contributed by atoms with van der Waals surface area (Å²) < 4.78 is 23.0. The molecule has 0 bridgehead atoms. The molecule has 0 aliphatic carbocycles. The molecule has 3 rings (SSSR count). The van der Waals surface area contributed by atoms with Crippen molar-refractivity contribution in [3.63, 3.8) is 0 Å². The zero-order valence-electron chi connectivity index (χ0n) is 21.4. The van der Waals surface area contributed by atoms with Crippen LogP contribution in [0.25, 0.3) is 0 Å². The number of allylic oxidation sites excluding steroid dienone is 2. The Kier molecular flexibility index (Phi) is 9.13. The first-order valence-corrected chi connectivity index (χ1v) is 12.5. The number of ether oxygens (including phenoxy) is 4. The number of carbonyl (C=O) groups excluding carboxylic acids is 2. The van der Waals surface area contributed by atoms with Crippen LogP contribution < -0.4 is 5.32 Å². The minimum atomic E-state index is -0.435. The number of hydrogen-bond acceptors (Lipinski definition) is 6. The molecular formula is C27H41NO6. The van der Waals surface area contributed by atoms with E-state index in [0.717, 1.165) is 25.7 Å². The number of rotatable bonds is 9. The summed E-state index contributed by atoms with van der Waals surface area (Å²) in [6.07, 6.45) is 13.3. The molecule has 3 aliphatic heterocycles. The van der Waals surface area contributed by atoms with Crippen LogP contribution in [0.3, 0.4) is 0 Å². The van der Waals surface area contributed by atoms with Gasteiger partial charge in [-0.2, -0.15) is 0 Å². The van der Waals surface area contributed by atoms with Crippen LogP contribution in [-0.4, -0.2) is 60.6 Å². The Balaban J connectivity index is 1.46. The maximum Gasteiger partial charge on any atom is 0.293 e. The maximum atomic E-state index is 12.2. The van der Waals surface area contributed by atoms with Crippen LogP contribution in [-0.2, 0) is 28.5 Å². The van der Waals surface area contributed by atoms with E-state index in [-0.39, 0.29) is 42.0 Å². The lowest BCUT2D eigenvalue weighted by molar-refractivity contribution is -0.131. The molecule has 0 aromatic rings. The van der Waals surface area contributed by atoms with Crippen molar-refractivity contribution in [1.29, 1.82) is 0 Å². The van der Waals surface area contributed by atoms with Gasteiger partial charge in [-0.05, 0) is 59.5 Å². The molecule has 0 radical (unpaired) electrons. The molecule has 3 fully saturated rings. The number of epoxide rings is 1. The Labute approximate surface area is 203 Å². The Bertz CT molecular complexity index is 807. The lowest BCUT2D eigenvalue weighted by Gasteiger charge is -2.39. The second kappa shape index (κ2) is 11.6. The van der Waals surface area contributed by atoms with Crippen molar-refractivity contribution in [3.05, 3.63) is 36.0 Å². The van der Waals surface area contributed by atoms with Gasteiger partial charge in [0.25, 0.3) is 6.47 Å². The summed E-state index contributed by atoms with van der Waals surface area (Å²) in [5, 5.41) is 3.01. The molecule has 1 amide bonds. The van der Waals surface area contributed by atoms with Crippen molar-refractivity contribution in [1.82, 2.24) is 5.32 Å². The fraction of sp³-hybridized carbons (Fsp3) is 0.704. The van der Waals surface area contributed by atoms with E-state index < -0.39 is 6.10 Å². The summed E-state index contributed by atoms with van der Waals surface area (Å²) in [7, 11) is 0. The lowest BCUT2D eigenvalue weighted by atomic mass is 9.87. The Hall–Kier alpha value is -1.96. The van der Waals surface area contributed by atoms with Crippen LogP contribution in [0, 0.1) is 5.92 Å². The zero-order chi connectivity index (χ0) is 24.9. The molecule has 0 aromatic carbocycles. The average molecular weight is 476 g/mol. The minimum absolute atomic E-state index is 0.0229. The smallest absolute Gasteiger partial charge is 0.293 e. The lowest BCUT2D eigenvalue weighted by Crippen LogP contribution is -2.50. The fourth-order valence-electron chi connectivity index (χ4n) is 5.09. The van der Waals surface area contributed by atoms with Crippen molar-refractivity contribution >= 4 is 12.4 Å². The number of nitrogens with one attached hydrogen (secondary N) is 1. The van der Waals surface area contributed by atoms with Gasteiger partial charge < -0.3 is 24.3 Å². The summed E-state index contributed by atoms with van der Waals surface area (Å²) in [4.78, 5) is 22.6. The van der Waals surface area contributed by atoms with Gasteiger partial charge in [-0.25, -0.2) is 0 Å². The van der Waals surface area contributed by atoms with Crippen LogP contribution in [0.15, 0.2) is 36.0 Å². The SMILES string of the molecule is CC(/C=C/C1CC2(C[C@@H](C)O1)OC2C)=C\CC1OC(C)C(NC(=O)/C=C\C(C)OC=O)CC1C. The van der Waals surface area contributed by atoms with E-state index in [1.54, 1.807) is 13.0 Å². The predicted molar refractivity (Wildman–Crippen MR) is 130 cm³/mol. The van der Waals surface area contributed by atoms with Crippen LogP contribution in [0.4, 0.5) is 0 Å². The largest absolute Gasteiger partial charge is 0.461 e. The van der Waals surface area contributed by atoms with Crippen molar-refractivity contribution in [2.75, 3.05) is 0 Å². The molecule has 3 heterocycles. The summed E-state index contributed by atoms with van der Waals surface area (Å²) >= 11 is 0. The van der Waals surface area contributed by atoms with Gasteiger partial charge in [0, 0.05) is 18.9 Å².